The molecule has 0 aliphatic heterocycles. The quantitative estimate of drug-likeness (QED) is 0.650. The van der Waals surface area contributed by atoms with Crippen molar-refractivity contribution >= 4 is 16.7 Å². The number of hydrogen-bond acceptors (Lipinski definition) is 2. The fourth-order valence-corrected chi connectivity index (χ4v) is 2.41. The molecule has 3 aromatic rings. The van der Waals surface area contributed by atoms with Crippen LogP contribution in [0.4, 0.5) is 0 Å². The number of aromatic nitrogens is 1. The summed E-state index contributed by atoms with van der Waals surface area (Å²) < 4.78 is 0. The first-order valence-electron chi connectivity index (χ1n) is 6.62. The number of carbonyl (C=O) groups is 1. The van der Waals surface area contributed by atoms with Gasteiger partial charge in [-0.1, -0.05) is 35.9 Å². The summed E-state index contributed by atoms with van der Waals surface area (Å²) in [5.41, 5.74) is 4.27. The smallest absolute Gasteiger partial charge is 0.195 e. The van der Waals surface area contributed by atoms with Crippen molar-refractivity contribution in [3.63, 3.8) is 0 Å². The van der Waals surface area contributed by atoms with Crippen molar-refractivity contribution in [1.29, 1.82) is 0 Å². The molecule has 3 rings (SSSR count). The molecule has 0 atom stereocenters. The van der Waals surface area contributed by atoms with Crippen LogP contribution in [0.5, 0.6) is 0 Å². The third-order valence-electron chi connectivity index (χ3n) is 3.52. The maximum absolute atomic E-state index is 12.8. The average molecular weight is 261 g/mol. The van der Waals surface area contributed by atoms with Crippen LogP contribution in [0.25, 0.3) is 10.9 Å². The zero-order valence-corrected chi connectivity index (χ0v) is 11.6. The van der Waals surface area contributed by atoms with E-state index in [9.17, 15) is 4.79 Å². The van der Waals surface area contributed by atoms with Crippen molar-refractivity contribution in [1.82, 2.24) is 4.98 Å². The molecule has 0 bridgehead atoms. The van der Waals surface area contributed by atoms with Crippen molar-refractivity contribution < 1.29 is 4.79 Å². The van der Waals surface area contributed by atoms with Gasteiger partial charge in [-0.25, -0.2) is 0 Å². The van der Waals surface area contributed by atoms with Gasteiger partial charge in [0.1, 0.15) is 0 Å². The molecular weight excluding hydrogens is 246 g/mol. The predicted molar refractivity (Wildman–Crippen MR) is 81.1 cm³/mol. The monoisotopic (exact) mass is 261 g/mol. The molecule has 0 saturated carbocycles. The van der Waals surface area contributed by atoms with Crippen LogP contribution in [0, 0.1) is 13.8 Å². The molecule has 0 aliphatic rings. The van der Waals surface area contributed by atoms with Crippen LogP contribution in [-0.4, -0.2) is 10.8 Å². The molecule has 98 valence electrons. The summed E-state index contributed by atoms with van der Waals surface area (Å²) in [5.74, 6) is 0.0375. The molecule has 0 spiro atoms. The molecule has 2 heteroatoms. The molecule has 0 amide bonds. The van der Waals surface area contributed by atoms with Crippen molar-refractivity contribution in [3.05, 3.63) is 77.0 Å². The highest BCUT2D eigenvalue weighted by Gasteiger charge is 2.15. The fraction of sp³-hybridized carbons (Fsp3) is 0.111. The minimum absolute atomic E-state index is 0.0375. The van der Waals surface area contributed by atoms with E-state index in [1.807, 2.05) is 62.4 Å². The van der Waals surface area contributed by atoms with Gasteiger partial charge in [-0.05, 0) is 37.6 Å². The highest BCUT2D eigenvalue weighted by Crippen LogP contribution is 2.21. The standard InChI is InChI=1S/C18H15NO/c1-12-8-9-13(2)16(11-12)18(20)15-7-3-5-14-6-4-10-19-17(14)15/h3-11H,1-2H3. The Morgan fingerprint density at radius 1 is 0.950 bits per heavy atom. The number of ketones is 1. The topological polar surface area (TPSA) is 30.0 Å². The molecule has 0 saturated heterocycles. The Hall–Kier alpha value is -2.48. The van der Waals surface area contributed by atoms with Crippen LogP contribution >= 0.6 is 0 Å². The van der Waals surface area contributed by atoms with E-state index in [4.69, 9.17) is 0 Å². The van der Waals surface area contributed by atoms with E-state index in [2.05, 4.69) is 4.98 Å². The summed E-state index contributed by atoms with van der Waals surface area (Å²) in [6.45, 7) is 3.96. The Kier molecular flexibility index (Phi) is 3.07. The first kappa shape index (κ1) is 12.5. The van der Waals surface area contributed by atoms with E-state index in [1.165, 1.54) is 0 Å². The van der Waals surface area contributed by atoms with Gasteiger partial charge in [0.2, 0.25) is 0 Å². The predicted octanol–water partition coefficient (Wildman–Crippen LogP) is 4.08. The fourth-order valence-electron chi connectivity index (χ4n) is 2.41. The molecule has 1 aromatic heterocycles. The Morgan fingerprint density at radius 2 is 1.75 bits per heavy atom. The third-order valence-corrected chi connectivity index (χ3v) is 3.52. The molecule has 0 aliphatic carbocycles. The molecule has 0 fully saturated rings. The third kappa shape index (κ3) is 2.10. The molecule has 0 unspecified atom stereocenters. The summed E-state index contributed by atoms with van der Waals surface area (Å²) in [5, 5.41) is 0.989. The van der Waals surface area contributed by atoms with Gasteiger partial charge in [-0.15, -0.1) is 0 Å². The summed E-state index contributed by atoms with van der Waals surface area (Å²) >= 11 is 0. The normalized spacial score (nSPS) is 10.7. The van der Waals surface area contributed by atoms with Crippen molar-refractivity contribution in [2.75, 3.05) is 0 Å². The largest absolute Gasteiger partial charge is 0.289 e. The molecule has 20 heavy (non-hydrogen) atoms. The van der Waals surface area contributed by atoms with E-state index in [0.717, 1.165) is 27.6 Å². The van der Waals surface area contributed by atoms with Crippen LogP contribution in [0.1, 0.15) is 27.0 Å². The lowest BCUT2D eigenvalue weighted by Crippen LogP contribution is -2.05. The number of rotatable bonds is 2. The summed E-state index contributed by atoms with van der Waals surface area (Å²) in [6.07, 6.45) is 1.72. The molecule has 0 radical (unpaired) electrons. The van der Waals surface area contributed by atoms with Crippen molar-refractivity contribution in [3.8, 4) is 0 Å². The van der Waals surface area contributed by atoms with Gasteiger partial charge in [-0.2, -0.15) is 0 Å². The lowest BCUT2D eigenvalue weighted by atomic mass is 9.96. The Balaban J connectivity index is 2.20. The highest BCUT2D eigenvalue weighted by atomic mass is 16.1. The molecule has 2 aromatic carbocycles. The Labute approximate surface area is 118 Å². The van der Waals surface area contributed by atoms with E-state index < -0.39 is 0 Å². The zero-order chi connectivity index (χ0) is 14.1. The molecular formula is C18H15NO. The van der Waals surface area contributed by atoms with Gasteiger partial charge < -0.3 is 0 Å². The Bertz CT molecular complexity index is 800. The van der Waals surface area contributed by atoms with E-state index in [1.54, 1.807) is 6.20 Å². The van der Waals surface area contributed by atoms with Gasteiger partial charge in [0.15, 0.2) is 5.78 Å². The zero-order valence-electron chi connectivity index (χ0n) is 11.6. The minimum Gasteiger partial charge on any atom is -0.289 e. The first-order valence-corrected chi connectivity index (χ1v) is 6.62. The van der Waals surface area contributed by atoms with Gasteiger partial charge in [0, 0.05) is 22.7 Å². The second-order valence-electron chi connectivity index (χ2n) is 5.03. The first-order chi connectivity index (χ1) is 9.66. The number of carbonyl (C=O) groups excluding carboxylic acids is 1. The van der Waals surface area contributed by atoms with Crippen LogP contribution in [-0.2, 0) is 0 Å². The number of nitrogens with zero attached hydrogens (tertiary/aromatic N) is 1. The van der Waals surface area contributed by atoms with Gasteiger partial charge in [0.05, 0.1) is 5.52 Å². The number of pyridine rings is 1. The van der Waals surface area contributed by atoms with Crippen LogP contribution in [0.3, 0.4) is 0 Å². The van der Waals surface area contributed by atoms with Crippen molar-refractivity contribution in [2.24, 2.45) is 0 Å². The minimum atomic E-state index is 0.0375. The summed E-state index contributed by atoms with van der Waals surface area (Å²) in [4.78, 5) is 17.2. The van der Waals surface area contributed by atoms with Gasteiger partial charge >= 0.3 is 0 Å². The number of benzene rings is 2. The van der Waals surface area contributed by atoms with E-state index >= 15 is 0 Å². The van der Waals surface area contributed by atoms with Gasteiger partial charge in [-0.3, -0.25) is 9.78 Å². The number of aryl methyl sites for hydroxylation is 2. The highest BCUT2D eigenvalue weighted by molar-refractivity contribution is 6.16. The number of hydrogen-bond donors (Lipinski definition) is 0. The second kappa shape index (κ2) is 4.89. The van der Waals surface area contributed by atoms with E-state index in [0.29, 0.717) is 5.56 Å². The van der Waals surface area contributed by atoms with E-state index in [-0.39, 0.29) is 5.78 Å². The molecule has 1 heterocycles. The number of fused-ring (bicyclic) bond motifs is 1. The maximum Gasteiger partial charge on any atom is 0.195 e. The summed E-state index contributed by atoms with van der Waals surface area (Å²) in [6, 6.07) is 15.5. The van der Waals surface area contributed by atoms with Crippen molar-refractivity contribution in [2.45, 2.75) is 13.8 Å². The van der Waals surface area contributed by atoms with Crippen LogP contribution in [0.15, 0.2) is 54.7 Å². The molecule has 2 nitrogen and oxygen atoms in total. The van der Waals surface area contributed by atoms with Crippen LogP contribution < -0.4 is 0 Å². The van der Waals surface area contributed by atoms with Crippen LogP contribution in [0.2, 0.25) is 0 Å². The second-order valence-corrected chi connectivity index (χ2v) is 5.03. The summed E-state index contributed by atoms with van der Waals surface area (Å²) in [7, 11) is 0. The van der Waals surface area contributed by atoms with Gasteiger partial charge in [0.25, 0.3) is 0 Å². The average Bonchev–Trinajstić information content (AvgIpc) is 2.48. The maximum atomic E-state index is 12.8. The molecule has 0 N–H and O–H groups in total. The SMILES string of the molecule is Cc1ccc(C)c(C(=O)c2cccc3cccnc23)c1. The Morgan fingerprint density at radius 3 is 2.60 bits per heavy atom. The number of para-hydroxylation sites is 1. The lowest BCUT2D eigenvalue weighted by molar-refractivity contribution is 0.103. The lowest BCUT2D eigenvalue weighted by Gasteiger charge is -2.08.